The van der Waals surface area contributed by atoms with Gasteiger partial charge in [-0.3, -0.25) is 4.79 Å². The van der Waals surface area contributed by atoms with Gasteiger partial charge in [-0.1, -0.05) is 0 Å². The summed E-state index contributed by atoms with van der Waals surface area (Å²) in [5, 5.41) is 0. The van der Waals surface area contributed by atoms with Crippen LogP contribution in [0, 0.1) is 0 Å². The van der Waals surface area contributed by atoms with Crippen molar-refractivity contribution in [3.05, 3.63) is 0 Å². The van der Waals surface area contributed by atoms with E-state index in [2.05, 4.69) is 0 Å². The van der Waals surface area contributed by atoms with Gasteiger partial charge in [0.15, 0.2) is 0 Å². The summed E-state index contributed by atoms with van der Waals surface area (Å²) in [6.45, 7) is 2.38. The lowest BCUT2D eigenvalue weighted by Gasteiger charge is -2.22. The number of nitrogens with zero attached hydrogens (tertiary/aromatic N) is 1. The van der Waals surface area contributed by atoms with E-state index in [1.807, 2.05) is 4.90 Å². The first-order valence-electron chi connectivity index (χ1n) is 6.92. The Bertz CT molecular complexity index is 248. The number of carbonyl (C=O) groups excluding carboxylic acids is 1. The molecule has 1 saturated carbocycles. The van der Waals surface area contributed by atoms with E-state index >= 15 is 0 Å². The van der Waals surface area contributed by atoms with Crippen LogP contribution in [0.25, 0.3) is 0 Å². The van der Waals surface area contributed by atoms with Crippen LogP contribution < -0.4 is 5.73 Å². The molecule has 1 aliphatic carbocycles. The molecular weight excluding hydrogens is 216 g/mol. The van der Waals surface area contributed by atoms with Crippen molar-refractivity contribution in [3.8, 4) is 0 Å². The normalized spacial score (nSPS) is 23.9. The number of nitrogens with two attached hydrogens (primary N) is 1. The van der Waals surface area contributed by atoms with Crippen molar-refractivity contribution in [1.82, 2.24) is 4.90 Å². The predicted octanol–water partition coefficient (Wildman–Crippen LogP) is 1.29. The third kappa shape index (κ3) is 3.96. The summed E-state index contributed by atoms with van der Waals surface area (Å²) in [5.41, 5.74) is 5.51. The molecule has 0 aromatic rings. The van der Waals surface area contributed by atoms with E-state index in [0.29, 0.717) is 31.0 Å². The lowest BCUT2D eigenvalue weighted by atomic mass is 10.1. The van der Waals surface area contributed by atoms with Crippen molar-refractivity contribution in [2.24, 2.45) is 5.73 Å². The van der Waals surface area contributed by atoms with Gasteiger partial charge in [-0.2, -0.15) is 0 Å². The number of carbonyl (C=O) groups is 1. The van der Waals surface area contributed by atoms with Gasteiger partial charge in [0.25, 0.3) is 0 Å². The Kier molecular flexibility index (Phi) is 4.80. The highest BCUT2D eigenvalue weighted by molar-refractivity contribution is 5.76. The van der Waals surface area contributed by atoms with Crippen LogP contribution in [0.2, 0.25) is 0 Å². The van der Waals surface area contributed by atoms with Crippen LogP contribution in [0.4, 0.5) is 0 Å². The molecule has 0 bridgehead atoms. The average molecular weight is 240 g/mol. The van der Waals surface area contributed by atoms with Crippen LogP contribution in [0.1, 0.15) is 44.9 Å². The van der Waals surface area contributed by atoms with Crippen molar-refractivity contribution in [3.63, 3.8) is 0 Å². The van der Waals surface area contributed by atoms with E-state index in [9.17, 15) is 4.79 Å². The minimum atomic E-state index is 0.302. The second kappa shape index (κ2) is 6.36. The first-order valence-corrected chi connectivity index (χ1v) is 6.92. The number of ether oxygens (including phenoxy) is 1. The average Bonchev–Trinajstić information content (AvgIpc) is 3.03. The number of rotatable bonds is 7. The molecule has 1 atom stereocenters. The summed E-state index contributed by atoms with van der Waals surface area (Å²) in [6.07, 6.45) is 7.41. The van der Waals surface area contributed by atoms with Crippen LogP contribution in [0.3, 0.4) is 0 Å². The molecule has 2 rings (SSSR count). The SMILES string of the molecule is NCCCN(C(=O)CCC1CCCO1)C1CC1. The fourth-order valence-corrected chi connectivity index (χ4v) is 2.46. The minimum Gasteiger partial charge on any atom is -0.378 e. The van der Waals surface area contributed by atoms with Crippen LogP contribution in [0.5, 0.6) is 0 Å². The molecule has 0 aromatic heterocycles. The fourth-order valence-electron chi connectivity index (χ4n) is 2.46. The molecule has 1 aliphatic heterocycles. The predicted molar refractivity (Wildman–Crippen MR) is 66.6 cm³/mol. The molecule has 2 aliphatic rings. The lowest BCUT2D eigenvalue weighted by Crippen LogP contribution is -2.35. The Balaban J connectivity index is 1.71. The Morgan fingerprint density at radius 1 is 1.35 bits per heavy atom. The van der Waals surface area contributed by atoms with Crippen molar-refractivity contribution in [2.75, 3.05) is 19.7 Å². The maximum Gasteiger partial charge on any atom is 0.222 e. The molecule has 1 amide bonds. The zero-order valence-corrected chi connectivity index (χ0v) is 10.6. The highest BCUT2D eigenvalue weighted by Gasteiger charge is 2.32. The number of amides is 1. The molecule has 2 N–H and O–H groups in total. The van der Waals surface area contributed by atoms with Gasteiger partial charge < -0.3 is 15.4 Å². The highest BCUT2D eigenvalue weighted by atomic mass is 16.5. The van der Waals surface area contributed by atoms with Crippen LogP contribution in [0.15, 0.2) is 0 Å². The summed E-state index contributed by atoms with van der Waals surface area (Å²) in [7, 11) is 0. The summed E-state index contributed by atoms with van der Waals surface area (Å²) in [4.78, 5) is 14.2. The molecule has 1 unspecified atom stereocenters. The molecular formula is C13H24N2O2. The molecule has 1 saturated heterocycles. The maximum absolute atomic E-state index is 12.1. The number of hydrogen-bond donors (Lipinski definition) is 1. The van der Waals surface area contributed by atoms with Gasteiger partial charge in [0.1, 0.15) is 0 Å². The van der Waals surface area contributed by atoms with Gasteiger partial charge in [0.2, 0.25) is 5.91 Å². The molecule has 2 fully saturated rings. The van der Waals surface area contributed by atoms with E-state index < -0.39 is 0 Å². The van der Waals surface area contributed by atoms with Gasteiger partial charge in [0.05, 0.1) is 6.10 Å². The molecule has 0 aromatic carbocycles. The third-order valence-electron chi connectivity index (χ3n) is 3.62. The second-order valence-electron chi connectivity index (χ2n) is 5.13. The van der Waals surface area contributed by atoms with E-state index in [-0.39, 0.29) is 0 Å². The van der Waals surface area contributed by atoms with E-state index in [1.54, 1.807) is 0 Å². The van der Waals surface area contributed by atoms with Crippen LogP contribution in [-0.2, 0) is 9.53 Å². The van der Waals surface area contributed by atoms with Crippen molar-refractivity contribution in [1.29, 1.82) is 0 Å². The van der Waals surface area contributed by atoms with Crippen molar-refractivity contribution < 1.29 is 9.53 Å². The summed E-state index contributed by atoms with van der Waals surface area (Å²) in [6, 6.07) is 0.513. The van der Waals surface area contributed by atoms with Crippen LogP contribution >= 0.6 is 0 Å². The minimum absolute atomic E-state index is 0.302. The molecule has 98 valence electrons. The summed E-state index contributed by atoms with van der Waals surface area (Å²) in [5.74, 6) is 0.302. The molecule has 17 heavy (non-hydrogen) atoms. The van der Waals surface area contributed by atoms with Gasteiger partial charge in [-0.25, -0.2) is 0 Å². The summed E-state index contributed by atoms with van der Waals surface area (Å²) >= 11 is 0. The molecule has 1 heterocycles. The quantitative estimate of drug-likeness (QED) is 0.729. The molecule has 0 radical (unpaired) electrons. The lowest BCUT2D eigenvalue weighted by molar-refractivity contribution is -0.132. The Morgan fingerprint density at radius 3 is 2.76 bits per heavy atom. The van der Waals surface area contributed by atoms with Gasteiger partial charge >= 0.3 is 0 Å². The van der Waals surface area contributed by atoms with E-state index in [0.717, 1.165) is 38.8 Å². The smallest absolute Gasteiger partial charge is 0.222 e. The zero-order valence-electron chi connectivity index (χ0n) is 10.6. The van der Waals surface area contributed by atoms with Crippen LogP contribution in [-0.4, -0.2) is 42.6 Å². The summed E-state index contributed by atoms with van der Waals surface area (Å²) < 4.78 is 5.55. The third-order valence-corrected chi connectivity index (χ3v) is 3.62. The fraction of sp³-hybridized carbons (Fsp3) is 0.923. The molecule has 4 nitrogen and oxygen atoms in total. The first kappa shape index (κ1) is 12.8. The topological polar surface area (TPSA) is 55.6 Å². The second-order valence-corrected chi connectivity index (χ2v) is 5.13. The van der Waals surface area contributed by atoms with Gasteiger partial charge in [-0.05, 0) is 45.1 Å². The monoisotopic (exact) mass is 240 g/mol. The largest absolute Gasteiger partial charge is 0.378 e. The Hall–Kier alpha value is -0.610. The van der Waals surface area contributed by atoms with Gasteiger partial charge in [-0.15, -0.1) is 0 Å². The Morgan fingerprint density at radius 2 is 2.18 bits per heavy atom. The molecule has 4 heteroatoms. The number of hydrogen-bond acceptors (Lipinski definition) is 3. The van der Waals surface area contributed by atoms with Crippen molar-refractivity contribution >= 4 is 5.91 Å². The Labute approximate surface area is 103 Å². The highest BCUT2D eigenvalue weighted by Crippen LogP contribution is 2.28. The first-order chi connectivity index (χ1) is 8.31. The van der Waals surface area contributed by atoms with Crippen molar-refractivity contribution in [2.45, 2.75) is 57.1 Å². The maximum atomic E-state index is 12.1. The molecule has 0 spiro atoms. The van der Waals surface area contributed by atoms with Gasteiger partial charge in [0, 0.05) is 25.6 Å². The zero-order chi connectivity index (χ0) is 12.1. The van der Waals surface area contributed by atoms with E-state index in [4.69, 9.17) is 10.5 Å². The standard InChI is InChI=1S/C13H24N2O2/c14-8-2-9-15(11-4-5-11)13(16)7-6-12-3-1-10-17-12/h11-12H,1-10,14H2. The van der Waals surface area contributed by atoms with E-state index in [1.165, 1.54) is 12.8 Å².